The third kappa shape index (κ3) is 52.4. The molecule has 0 radical (unpaired) electrons. The minimum absolute atomic E-state index is 0.0624. The number of hydrogen-bond acceptors (Lipinski definition) is 5. The first-order valence-corrected chi connectivity index (χ1v) is 30.4. The zero-order valence-corrected chi connectivity index (χ0v) is 46.0. The van der Waals surface area contributed by atoms with Crippen molar-refractivity contribution in [2.75, 3.05) is 40.9 Å². The van der Waals surface area contributed by atoms with Crippen molar-refractivity contribution in [3.63, 3.8) is 0 Å². The summed E-state index contributed by atoms with van der Waals surface area (Å²) >= 11 is 0. The first-order valence-electron chi connectivity index (χ1n) is 28.9. The number of rotatable bonds is 53. The number of quaternary nitrogens is 1. The Kier molecular flexibility index (Phi) is 48.7. The van der Waals surface area contributed by atoms with E-state index in [-0.39, 0.29) is 19.1 Å². The Morgan fingerprint density at radius 2 is 0.851 bits per heavy atom. The van der Waals surface area contributed by atoms with Crippen molar-refractivity contribution in [1.29, 1.82) is 0 Å². The van der Waals surface area contributed by atoms with E-state index in [1.807, 2.05) is 27.2 Å². The summed E-state index contributed by atoms with van der Waals surface area (Å²) < 4.78 is 23.6. The summed E-state index contributed by atoms with van der Waals surface area (Å²) in [6.07, 6.45) is 64.2. The fraction of sp³-hybridized carbons (Fsp3) is 0.879. The van der Waals surface area contributed by atoms with Crippen molar-refractivity contribution in [1.82, 2.24) is 5.32 Å². The molecular formula is C58H114N2O6P+. The highest BCUT2D eigenvalue weighted by molar-refractivity contribution is 7.47. The van der Waals surface area contributed by atoms with Gasteiger partial charge in [-0.05, 0) is 51.4 Å². The van der Waals surface area contributed by atoms with Crippen LogP contribution in [0.2, 0.25) is 0 Å². The Labute approximate surface area is 417 Å². The molecule has 3 N–H and O–H groups in total. The van der Waals surface area contributed by atoms with E-state index in [4.69, 9.17) is 9.05 Å². The second kappa shape index (κ2) is 49.7. The molecule has 0 aromatic heterocycles. The first kappa shape index (κ1) is 65.7. The number of aliphatic hydroxyl groups excluding tert-OH is 1. The largest absolute Gasteiger partial charge is 0.472 e. The van der Waals surface area contributed by atoms with E-state index in [0.29, 0.717) is 17.4 Å². The van der Waals surface area contributed by atoms with Gasteiger partial charge in [0.25, 0.3) is 0 Å². The van der Waals surface area contributed by atoms with Gasteiger partial charge >= 0.3 is 7.82 Å². The highest BCUT2D eigenvalue weighted by Gasteiger charge is 2.27. The van der Waals surface area contributed by atoms with Crippen molar-refractivity contribution in [2.24, 2.45) is 0 Å². The number of unbranched alkanes of at least 4 members (excludes halogenated alkanes) is 36. The quantitative estimate of drug-likeness (QED) is 0.0243. The number of nitrogens with zero attached hydrogens (tertiary/aromatic N) is 1. The van der Waals surface area contributed by atoms with Gasteiger partial charge in [-0.2, -0.15) is 0 Å². The summed E-state index contributed by atoms with van der Waals surface area (Å²) in [5.41, 5.74) is 0. The van der Waals surface area contributed by atoms with Crippen molar-refractivity contribution in [2.45, 2.75) is 289 Å². The third-order valence-electron chi connectivity index (χ3n) is 13.1. The number of phosphoric ester groups is 1. The summed E-state index contributed by atoms with van der Waals surface area (Å²) in [5.74, 6) is -0.176. The molecule has 0 saturated carbocycles. The lowest BCUT2D eigenvalue weighted by atomic mass is 10.0. The first-order chi connectivity index (χ1) is 32.5. The minimum Gasteiger partial charge on any atom is -0.387 e. The van der Waals surface area contributed by atoms with Gasteiger partial charge in [0, 0.05) is 6.42 Å². The molecule has 0 aliphatic heterocycles. The molecular weight excluding hydrogens is 852 g/mol. The number of likely N-dealkylation sites (N-methyl/N-ethyl adjacent to an activating group) is 1. The van der Waals surface area contributed by atoms with Gasteiger partial charge < -0.3 is 19.8 Å². The molecule has 0 saturated heterocycles. The summed E-state index contributed by atoms with van der Waals surface area (Å²) in [5, 5.41) is 13.8. The second-order valence-electron chi connectivity index (χ2n) is 21.0. The number of amides is 1. The molecule has 3 atom stereocenters. The summed E-state index contributed by atoms with van der Waals surface area (Å²) in [6, 6.07) is -0.843. The summed E-state index contributed by atoms with van der Waals surface area (Å²) in [6.45, 7) is 4.81. The molecule has 0 bridgehead atoms. The molecule has 0 aliphatic rings. The molecule has 9 heteroatoms. The molecule has 0 spiro atoms. The van der Waals surface area contributed by atoms with Crippen LogP contribution >= 0.6 is 7.82 Å². The number of allylic oxidation sites excluding steroid dienone is 5. The van der Waals surface area contributed by atoms with Gasteiger partial charge in [0.15, 0.2) is 0 Å². The van der Waals surface area contributed by atoms with Crippen LogP contribution in [-0.4, -0.2) is 73.4 Å². The Morgan fingerprint density at radius 3 is 1.22 bits per heavy atom. The summed E-state index contributed by atoms with van der Waals surface area (Å²) in [7, 11) is 1.58. The molecule has 0 aromatic rings. The van der Waals surface area contributed by atoms with Crippen molar-refractivity contribution < 1.29 is 32.9 Å². The fourth-order valence-corrected chi connectivity index (χ4v) is 9.28. The molecule has 0 heterocycles. The maximum absolute atomic E-state index is 12.9. The van der Waals surface area contributed by atoms with Crippen LogP contribution in [0.3, 0.4) is 0 Å². The summed E-state index contributed by atoms with van der Waals surface area (Å²) in [4.78, 5) is 23.2. The van der Waals surface area contributed by atoms with E-state index in [2.05, 4.69) is 43.5 Å². The van der Waals surface area contributed by atoms with Gasteiger partial charge in [-0.1, -0.05) is 256 Å². The van der Waals surface area contributed by atoms with Gasteiger partial charge in [-0.15, -0.1) is 0 Å². The van der Waals surface area contributed by atoms with E-state index < -0.39 is 20.0 Å². The standard InChI is InChI=1S/C58H113N2O6P/c1-6-8-10-12-14-16-18-19-20-21-22-23-24-25-26-27-28-29-30-31-32-33-34-35-36-37-38-39-40-41-42-44-46-48-50-52-58(62)59-56(55-66-67(63,64)65-54-53-60(3,4)5)57(61)51-49-47-45-43-17-15-13-11-9-7-2/h24-25,27-28,49,51,56-57,61H,6-23,26,29-48,50,52-55H2,1-5H3,(H-,59,62,63,64)/p+1/b25-24-,28-27-,51-49+. The molecule has 67 heavy (non-hydrogen) atoms. The zero-order valence-electron chi connectivity index (χ0n) is 45.2. The third-order valence-corrected chi connectivity index (χ3v) is 14.1. The topological polar surface area (TPSA) is 105 Å². The molecule has 0 aromatic carbocycles. The van der Waals surface area contributed by atoms with Crippen molar-refractivity contribution in [3.8, 4) is 0 Å². The number of phosphoric acid groups is 1. The lowest BCUT2D eigenvalue weighted by Gasteiger charge is -2.25. The average molecular weight is 967 g/mol. The average Bonchev–Trinajstić information content (AvgIpc) is 3.29. The minimum atomic E-state index is -4.34. The van der Waals surface area contributed by atoms with Crippen LogP contribution in [-0.2, 0) is 18.4 Å². The van der Waals surface area contributed by atoms with Crippen molar-refractivity contribution in [3.05, 3.63) is 36.5 Å². The maximum Gasteiger partial charge on any atom is 0.472 e. The molecule has 3 unspecified atom stereocenters. The van der Waals surface area contributed by atoms with Crippen LogP contribution < -0.4 is 5.32 Å². The highest BCUT2D eigenvalue weighted by atomic mass is 31.2. The van der Waals surface area contributed by atoms with Crippen LogP contribution in [0.4, 0.5) is 0 Å². The van der Waals surface area contributed by atoms with Gasteiger partial charge in [0.05, 0.1) is 39.9 Å². The van der Waals surface area contributed by atoms with E-state index in [0.717, 1.165) is 44.9 Å². The van der Waals surface area contributed by atoms with Crippen LogP contribution in [0.1, 0.15) is 277 Å². The number of nitrogens with one attached hydrogen (secondary N) is 1. The normalized spacial score (nSPS) is 14.2. The van der Waals surface area contributed by atoms with Crippen LogP contribution in [0.15, 0.2) is 36.5 Å². The lowest BCUT2D eigenvalue weighted by Crippen LogP contribution is -2.45. The number of carbonyl (C=O) groups is 1. The highest BCUT2D eigenvalue weighted by Crippen LogP contribution is 2.43. The zero-order chi connectivity index (χ0) is 49.2. The Hall–Kier alpha value is -1.28. The van der Waals surface area contributed by atoms with Gasteiger partial charge in [-0.3, -0.25) is 13.8 Å². The fourth-order valence-electron chi connectivity index (χ4n) is 8.54. The SMILES string of the molecule is CCCCCCCCCC/C=C/C(O)C(COP(=O)(O)OCC[N+](C)(C)C)NC(=O)CCCCCCCCCCCCCCCCCCC/C=C\C/C=C\CCCCCCCCCCCCC. The van der Waals surface area contributed by atoms with Crippen molar-refractivity contribution >= 4 is 13.7 Å². The van der Waals surface area contributed by atoms with E-state index in [1.165, 1.54) is 212 Å². The second-order valence-corrected chi connectivity index (χ2v) is 22.5. The van der Waals surface area contributed by atoms with Crippen LogP contribution in [0, 0.1) is 0 Å². The van der Waals surface area contributed by atoms with E-state index >= 15 is 0 Å². The number of hydrogen-bond donors (Lipinski definition) is 3. The predicted molar refractivity (Wildman–Crippen MR) is 291 cm³/mol. The molecule has 396 valence electrons. The molecule has 1 amide bonds. The Balaban J connectivity index is 3.91. The maximum atomic E-state index is 12.9. The molecule has 0 aliphatic carbocycles. The molecule has 0 rings (SSSR count). The molecule has 0 fully saturated rings. The molecule has 8 nitrogen and oxygen atoms in total. The number of carbonyl (C=O) groups excluding carboxylic acids is 1. The van der Waals surface area contributed by atoms with E-state index in [1.54, 1.807) is 6.08 Å². The smallest absolute Gasteiger partial charge is 0.387 e. The van der Waals surface area contributed by atoms with Gasteiger partial charge in [0.1, 0.15) is 13.2 Å². The van der Waals surface area contributed by atoms with E-state index in [9.17, 15) is 19.4 Å². The number of aliphatic hydroxyl groups is 1. The van der Waals surface area contributed by atoms with Crippen LogP contribution in [0.25, 0.3) is 0 Å². The Bertz CT molecular complexity index is 1190. The lowest BCUT2D eigenvalue weighted by molar-refractivity contribution is -0.870. The monoisotopic (exact) mass is 966 g/mol. The van der Waals surface area contributed by atoms with Gasteiger partial charge in [-0.25, -0.2) is 4.57 Å². The van der Waals surface area contributed by atoms with Crippen LogP contribution in [0.5, 0.6) is 0 Å². The predicted octanol–water partition coefficient (Wildman–Crippen LogP) is 17.4. The Morgan fingerprint density at radius 1 is 0.507 bits per heavy atom. The van der Waals surface area contributed by atoms with Gasteiger partial charge in [0.2, 0.25) is 5.91 Å².